The van der Waals surface area contributed by atoms with Crippen LogP contribution < -0.4 is 10.9 Å². The molecule has 1 amide bonds. The highest BCUT2D eigenvalue weighted by Gasteiger charge is 2.11. The normalized spacial score (nSPS) is 11.0. The van der Waals surface area contributed by atoms with E-state index in [1.807, 2.05) is 0 Å². The molecule has 1 N–H and O–H groups in total. The number of hydrogen-bond donors (Lipinski definition) is 1. The van der Waals surface area contributed by atoms with Crippen molar-refractivity contribution in [2.75, 3.05) is 5.32 Å². The molecule has 4 rings (SSSR count). The van der Waals surface area contributed by atoms with Crippen LogP contribution >= 0.6 is 11.3 Å². The van der Waals surface area contributed by atoms with Crippen molar-refractivity contribution in [2.45, 2.75) is 19.4 Å². The smallest absolute Gasteiger partial charge is 0.277 e. The summed E-state index contributed by atoms with van der Waals surface area (Å²) in [5, 5.41) is 11.3. The summed E-state index contributed by atoms with van der Waals surface area (Å²) in [4.78, 5) is 29.4. The maximum Gasteiger partial charge on any atom is 0.277 e. The molecular weight excluding hydrogens is 412 g/mol. The number of fused-ring (bicyclic) bond motifs is 1. The van der Waals surface area contributed by atoms with Crippen molar-refractivity contribution in [3.05, 3.63) is 81.1 Å². The summed E-state index contributed by atoms with van der Waals surface area (Å²) in [5.41, 5.74) is 0.523. The molecule has 0 aliphatic carbocycles. The highest BCUT2D eigenvalue weighted by molar-refractivity contribution is 7.15. The average Bonchev–Trinajstić information content (AvgIpc) is 3.16. The molecule has 0 atom stereocenters. The summed E-state index contributed by atoms with van der Waals surface area (Å²) in [5.74, 6) is -1.61. The lowest BCUT2D eigenvalue weighted by molar-refractivity contribution is -0.116. The molecule has 30 heavy (non-hydrogen) atoms. The number of nitrogens with one attached hydrogen (secondary N) is 1. The highest BCUT2D eigenvalue weighted by Crippen LogP contribution is 2.23. The van der Waals surface area contributed by atoms with Gasteiger partial charge in [0.25, 0.3) is 5.56 Å². The van der Waals surface area contributed by atoms with Crippen LogP contribution in [0.15, 0.2) is 53.5 Å². The van der Waals surface area contributed by atoms with Crippen molar-refractivity contribution >= 4 is 33.3 Å². The molecule has 0 fully saturated rings. The number of halogens is 2. The summed E-state index contributed by atoms with van der Waals surface area (Å²) < 4.78 is 27.9. The van der Waals surface area contributed by atoms with Gasteiger partial charge in [-0.1, -0.05) is 23.4 Å². The van der Waals surface area contributed by atoms with E-state index in [0.29, 0.717) is 26.5 Å². The number of anilines is 1. The lowest BCUT2D eigenvalue weighted by Crippen LogP contribution is -2.26. The van der Waals surface area contributed by atoms with E-state index in [-0.39, 0.29) is 30.9 Å². The molecule has 0 spiro atoms. The molecule has 2 heterocycles. The SMILES string of the molecule is O=C(CCn1nnc2ccccc2c1=O)Nc1ncc(Cc2ccc(F)cc2F)s1. The third-order valence-electron chi connectivity index (χ3n) is 4.36. The highest BCUT2D eigenvalue weighted by atomic mass is 32.1. The molecule has 0 saturated carbocycles. The predicted molar refractivity (Wildman–Crippen MR) is 108 cm³/mol. The Morgan fingerprint density at radius 3 is 2.83 bits per heavy atom. The fourth-order valence-electron chi connectivity index (χ4n) is 2.86. The van der Waals surface area contributed by atoms with Crippen LogP contribution in [0.4, 0.5) is 13.9 Å². The molecule has 0 aliphatic heterocycles. The average molecular weight is 427 g/mol. The number of carbonyl (C=O) groups excluding carboxylic acids is 1. The Morgan fingerprint density at radius 1 is 1.17 bits per heavy atom. The molecule has 4 aromatic rings. The van der Waals surface area contributed by atoms with Crippen molar-refractivity contribution in [3.63, 3.8) is 0 Å². The van der Waals surface area contributed by atoms with E-state index >= 15 is 0 Å². The number of thiazole rings is 1. The molecule has 10 heteroatoms. The van der Waals surface area contributed by atoms with Gasteiger partial charge in [-0.3, -0.25) is 9.59 Å². The van der Waals surface area contributed by atoms with Gasteiger partial charge in [0, 0.05) is 30.0 Å². The third-order valence-corrected chi connectivity index (χ3v) is 5.27. The van der Waals surface area contributed by atoms with Gasteiger partial charge < -0.3 is 5.32 Å². The van der Waals surface area contributed by atoms with Crippen molar-refractivity contribution in [3.8, 4) is 0 Å². The van der Waals surface area contributed by atoms with Crippen LogP contribution in [-0.2, 0) is 17.8 Å². The van der Waals surface area contributed by atoms with Gasteiger partial charge in [0.05, 0.1) is 11.9 Å². The van der Waals surface area contributed by atoms with Crippen LogP contribution in [0, 0.1) is 11.6 Å². The number of carbonyl (C=O) groups is 1. The number of aryl methyl sites for hydroxylation is 1. The number of amides is 1. The van der Waals surface area contributed by atoms with Crippen molar-refractivity contribution in [1.82, 2.24) is 20.0 Å². The minimum atomic E-state index is -0.635. The maximum atomic E-state index is 13.8. The summed E-state index contributed by atoms with van der Waals surface area (Å²) in [6.07, 6.45) is 1.78. The van der Waals surface area contributed by atoms with E-state index in [1.165, 1.54) is 29.7 Å². The standard InChI is InChI=1S/C20H15F2N5O2S/c21-13-6-5-12(16(22)10-13)9-14-11-23-20(30-14)24-18(28)7-8-27-19(29)15-3-1-2-4-17(15)25-26-27/h1-6,10-11H,7-9H2,(H,23,24,28). The Balaban J connectivity index is 1.37. The lowest BCUT2D eigenvalue weighted by Gasteiger charge is -2.05. The van der Waals surface area contributed by atoms with Crippen molar-refractivity contribution < 1.29 is 13.6 Å². The van der Waals surface area contributed by atoms with Gasteiger partial charge >= 0.3 is 0 Å². The van der Waals surface area contributed by atoms with Crippen LogP contribution in [0.1, 0.15) is 16.9 Å². The summed E-state index contributed by atoms with van der Waals surface area (Å²) in [6.45, 7) is 0.0710. The molecule has 2 aromatic heterocycles. The Bertz CT molecular complexity index is 1290. The Hall–Kier alpha value is -3.53. The van der Waals surface area contributed by atoms with E-state index < -0.39 is 11.6 Å². The Labute approximate surface area is 173 Å². The maximum absolute atomic E-state index is 13.8. The second kappa shape index (κ2) is 8.46. The first-order valence-corrected chi connectivity index (χ1v) is 9.82. The number of aromatic nitrogens is 4. The first-order chi connectivity index (χ1) is 14.5. The topological polar surface area (TPSA) is 89.8 Å². The molecule has 0 unspecified atom stereocenters. The van der Waals surface area contributed by atoms with Gasteiger partial charge in [0.1, 0.15) is 17.2 Å². The number of rotatable bonds is 6. The summed E-state index contributed by atoms with van der Waals surface area (Å²) >= 11 is 1.20. The van der Waals surface area contributed by atoms with E-state index in [0.717, 1.165) is 10.7 Å². The lowest BCUT2D eigenvalue weighted by atomic mass is 10.1. The van der Waals surface area contributed by atoms with Gasteiger partial charge in [-0.05, 0) is 23.8 Å². The molecule has 7 nitrogen and oxygen atoms in total. The van der Waals surface area contributed by atoms with Crippen LogP contribution in [0.2, 0.25) is 0 Å². The fraction of sp³-hybridized carbons (Fsp3) is 0.150. The van der Waals surface area contributed by atoms with Crippen molar-refractivity contribution in [1.29, 1.82) is 0 Å². The second-order valence-corrected chi connectivity index (χ2v) is 7.59. The van der Waals surface area contributed by atoms with Gasteiger partial charge in [-0.2, -0.15) is 0 Å². The summed E-state index contributed by atoms with van der Waals surface area (Å²) in [6, 6.07) is 10.3. The summed E-state index contributed by atoms with van der Waals surface area (Å²) in [7, 11) is 0. The third kappa shape index (κ3) is 4.38. The van der Waals surface area contributed by atoms with Crippen LogP contribution in [0.3, 0.4) is 0 Å². The minimum Gasteiger partial charge on any atom is -0.302 e. The molecule has 2 aromatic carbocycles. The van der Waals surface area contributed by atoms with E-state index in [1.54, 1.807) is 24.3 Å². The monoisotopic (exact) mass is 427 g/mol. The molecule has 152 valence electrons. The van der Waals surface area contributed by atoms with Gasteiger partial charge in [0.2, 0.25) is 5.91 Å². The quantitative estimate of drug-likeness (QED) is 0.511. The van der Waals surface area contributed by atoms with Gasteiger partial charge in [0.15, 0.2) is 5.13 Å². The zero-order valence-electron chi connectivity index (χ0n) is 15.5. The molecule has 0 aliphatic rings. The zero-order valence-corrected chi connectivity index (χ0v) is 16.3. The second-order valence-electron chi connectivity index (χ2n) is 6.48. The first kappa shape index (κ1) is 19.8. The largest absolute Gasteiger partial charge is 0.302 e. The van der Waals surface area contributed by atoms with Gasteiger partial charge in [-0.25, -0.2) is 18.4 Å². The predicted octanol–water partition coefficient (Wildman–Crippen LogP) is 3.15. The molecule has 0 radical (unpaired) electrons. The van der Waals surface area contributed by atoms with Crippen molar-refractivity contribution in [2.24, 2.45) is 0 Å². The number of benzene rings is 2. The molecule has 0 bridgehead atoms. The van der Waals surface area contributed by atoms with Crippen LogP contribution in [0.5, 0.6) is 0 Å². The van der Waals surface area contributed by atoms with E-state index in [9.17, 15) is 18.4 Å². The van der Waals surface area contributed by atoms with Crippen LogP contribution in [-0.4, -0.2) is 25.9 Å². The molecular formula is C20H15F2N5O2S. The number of nitrogens with zero attached hydrogens (tertiary/aromatic N) is 4. The van der Waals surface area contributed by atoms with Gasteiger partial charge in [-0.15, -0.1) is 16.4 Å². The fourth-order valence-corrected chi connectivity index (χ4v) is 3.71. The van der Waals surface area contributed by atoms with E-state index in [2.05, 4.69) is 20.6 Å². The van der Waals surface area contributed by atoms with Crippen LogP contribution in [0.25, 0.3) is 10.9 Å². The van der Waals surface area contributed by atoms with E-state index in [4.69, 9.17) is 0 Å². The zero-order chi connectivity index (χ0) is 21.1. The number of hydrogen-bond acceptors (Lipinski definition) is 6. The Morgan fingerprint density at radius 2 is 2.00 bits per heavy atom. The Kier molecular flexibility index (Phi) is 5.57. The minimum absolute atomic E-state index is 0.00836. The first-order valence-electron chi connectivity index (χ1n) is 9.00. The molecule has 0 saturated heterocycles.